The average Bonchev–Trinajstić information content (AvgIpc) is 1.65. The number of para-hydroxylation sites is 4. The maximum absolute atomic E-state index is 12.9. The summed E-state index contributed by atoms with van der Waals surface area (Å²) in [5.74, 6) is -2.27. The summed E-state index contributed by atoms with van der Waals surface area (Å²) in [5, 5.41) is 72.3. The van der Waals surface area contributed by atoms with E-state index in [1.54, 1.807) is 84.9 Å². The van der Waals surface area contributed by atoms with Crippen molar-refractivity contribution in [1.82, 2.24) is 42.5 Å². The zero-order valence-corrected chi connectivity index (χ0v) is 83.4. The van der Waals surface area contributed by atoms with Crippen LogP contribution in [0.2, 0.25) is 0 Å². The maximum Gasteiger partial charge on any atom is 0.326 e. The highest BCUT2D eigenvalue weighted by atomic mass is 79.9. The number of carbonyl (C=O) groups is 9. The number of nitrogens with one attached hydrogen (secondary N) is 8. The van der Waals surface area contributed by atoms with E-state index >= 15 is 0 Å². The van der Waals surface area contributed by atoms with Crippen molar-refractivity contribution in [2.75, 3.05) is 85.4 Å². The first kappa shape index (κ1) is 108. The first-order chi connectivity index (χ1) is 70.0. The van der Waals surface area contributed by atoms with Gasteiger partial charge in [-0.05, 0) is 291 Å². The Bertz CT molecular complexity index is 5930. The second-order valence-corrected chi connectivity index (χ2v) is 39.2. The number of carboxylic acids is 4. The molecule has 8 aromatic rings. The largest absolute Gasteiger partial charge is 0.494 e. The maximum atomic E-state index is 12.9. The van der Waals surface area contributed by atoms with E-state index < -0.39 is 93.8 Å². The number of fused-ring (bicyclic) bond motifs is 4. The van der Waals surface area contributed by atoms with Crippen molar-refractivity contribution in [2.45, 2.75) is 195 Å². The number of hydrogen-bond acceptors (Lipinski definition) is 24. The molecule has 8 aliphatic rings. The van der Waals surface area contributed by atoms with Gasteiger partial charge in [-0.15, -0.1) is 0 Å². The molecule has 4 amide bonds. The molecule has 7 atom stereocenters. The van der Waals surface area contributed by atoms with Crippen molar-refractivity contribution in [1.29, 1.82) is 0 Å². The number of ether oxygens (including phenoxy) is 4. The number of hydrogen-bond donors (Lipinski definition) is 13. The van der Waals surface area contributed by atoms with Crippen molar-refractivity contribution in [3.8, 4) is 23.0 Å². The fraction of sp³-hybridized carbons (Fsp3) is 0.436. The van der Waals surface area contributed by atoms with Crippen LogP contribution in [-0.2, 0) is 79.1 Å². The number of aldehydes is 1. The lowest BCUT2D eigenvalue weighted by Gasteiger charge is -2.22. The molecular formula is C110H131BrN12O20S. The Labute approximate surface area is 849 Å². The topological polar surface area (TPSA) is 472 Å². The Balaban J connectivity index is 0.000000161. The summed E-state index contributed by atoms with van der Waals surface area (Å²) in [6.45, 7) is 11.4. The third kappa shape index (κ3) is 32.5. The fourth-order valence-corrected chi connectivity index (χ4v) is 20.3. The molecule has 0 spiro atoms. The molecule has 0 bridgehead atoms. The smallest absolute Gasteiger partial charge is 0.326 e. The summed E-state index contributed by atoms with van der Waals surface area (Å²) in [6.07, 6.45) is 24.9. The predicted octanol–water partition coefficient (Wildman–Crippen LogP) is 13.7. The number of aliphatic hydroxyl groups is 1. The average molecular weight is 2050 g/mol. The molecule has 13 N–H and O–H groups in total. The zero-order valence-electron chi connectivity index (χ0n) is 81.0. The van der Waals surface area contributed by atoms with E-state index in [-0.39, 0.29) is 64.8 Å². The summed E-state index contributed by atoms with van der Waals surface area (Å²) >= 11 is 3.50. The van der Waals surface area contributed by atoms with E-state index in [1.807, 2.05) is 109 Å². The summed E-state index contributed by atoms with van der Waals surface area (Å²) in [7, 11) is -2.71. The van der Waals surface area contributed by atoms with E-state index in [0.717, 1.165) is 166 Å². The standard InChI is InChI=1S/C28H35N3O5.C28H33N3O5.C27H32BrN3O4.C27H31N3O6S/c2*32-18-23-22-6-1-2-7-24(22)30-26(23)27(33)31-25(28(34)35)17-20-8-10-21(11-9-20)36-16-4-3-5-19-12-14-29-15-13-19;28-24-21-6-1-2-7-22(21)30-25(24)26(32)31-23(27(33)34)17-19-8-10-20(11-9-19)35-16-4-3-5-18-12-14-29-15-13-18;31-26(24-25(37(34)35)21-6-1-2-7-22(21)29-24)30-23(27(32)33)17-19-8-10-20(11-9-19)36-16-4-3-5-18-12-14-28-15-13-18/h1-2,6-11,19,23,25,29,32H,3-5,12-18H2,(H,31,33)(H,34,35);1-2,6-11,18-19,23,25,29H,3-5,12-17H2,(H,31,33)(H,34,35);1-2,6-11,18,23-24,29H,3-5,12-17H2,(H,31,32)(H,33,34);1-2,6-11,18,23,28H,3-5,12-17H2,(H,30,31)(H,32,33)/t2*23?,25-;23-,24?;23-/m0000/s1. The van der Waals surface area contributed by atoms with Crippen LogP contribution in [0.15, 0.2) is 214 Å². The second kappa shape index (κ2) is 56.3. The Hall–Kier alpha value is -13.0. The van der Waals surface area contributed by atoms with Crippen LogP contribution >= 0.6 is 15.9 Å². The molecule has 34 heteroatoms. The van der Waals surface area contributed by atoms with Gasteiger partial charge in [0.15, 0.2) is 5.71 Å². The number of rotatable bonds is 46. The minimum absolute atomic E-state index is 0.0151. The van der Waals surface area contributed by atoms with Crippen LogP contribution in [0.4, 0.5) is 22.7 Å². The summed E-state index contributed by atoms with van der Waals surface area (Å²) in [4.78, 5) is 127. The number of piperidine rings is 4. The first-order valence-corrected chi connectivity index (χ1v) is 52.2. The van der Waals surface area contributed by atoms with Gasteiger partial charge in [0.1, 0.15) is 75.5 Å². The van der Waals surface area contributed by atoms with Crippen LogP contribution in [0.3, 0.4) is 0 Å². The highest BCUT2D eigenvalue weighted by Gasteiger charge is 2.38. The van der Waals surface area contributed by atoms with Gasteiger partial charge >= 0.3 is 23.9 Å². The lowest BCUT2D eigenvalue weighted by molar-refractivity contribution is -0.141. The van der Waals surface area contributed by atoms with Crippen molar-refractivity contribution < 1.29 is 96.0 Å². The van der Waals surface area contributed by atoms with Crippen LogP contribution < -0.4 is 61.5 Å². The van der Waals surface area contributed by atoms with Crippen molar-refractivity contribution in [3.05, 3.63) is 239 Å². The van der Waals surface area contributed by atoms with Gasteiger partial charge in [0.25, 0.3) is 23.6 Å². The molecule has 8 heterocycles. The Morgan fingerprint density at radius 2 is 0.653 bits per heavy atom. The van der Waals surface area contributed by atoms with Crippen LogP contribution in [0, 0.1) is 23.7 Å². The third-order valence-corrected chi connectivity index (χ3v) is 28.9. The number of benzene rings is 8. The van der Waals surface area contributed by atoms with E-state index in [0.29, 0.717) is 77.9 Å². The van der Waals surface area contributed by atoms with Gasteiger partial charge in [-0.3, -0.25) is 19.2 Å². The highest BCUT2D eigenvalue weighted by Crippen LogP contribution is 2.41. The van der Waals surface area contributed by atoms with Crippen LogP contribution in [0.5, 0.6) is 23.0 Å². The molecule has 0 saturated carbocycles. The van der Waals surface area contributed by atoms with Gasteiger partial charge < -0.3 is 91.8 Å². The lowest BCUT2D eigenvalue weighted by Crippen LogP contribution is -2.46. The second-order valence-electron chi connectivity index (χ2n) is 37.4. The number of carbonyl (C=O) groups excluding carboxylic acids is 5. The zero-order chi connectivity index (χ0) is 101. The molecule has 8 aliphatic heterocycles. The number of amides is 4. The van der Waals surface area contributed by atoms with Crippen LogP contribution in [0.25, 0.3) is 0 Å². The number of unbranched alkanes of at least 4 members (excludes halogenated alkanes) is 4. The van der Waals surface area contributed by atoms with E-state index in [9.17, 15) is 77.1 Å². The number of alkyl halides is 1. The van der Waals surface area contributed by atoms with E-state index in [1.165, 1.54) is 83.5 Å². The van der Waals surface area contributed by atoms with Gasteiger partial charge in [0, 0.05) is 31.2 Å². The van der Waals surface area contributed by atoms with Crippen molar-refractivity contribution >= 4 is 130 Å². The minimum Gasteiger partial charge on any atom is -0.494 e. The molecule has 144 heavy (non-hydrogen) atoms. The Morgan fingerprint density at radius 1 is 0.361 bits per heavy atom. The third-order valence-electron chi connectivity index (χ3n) is 27.2. The summed E-state index contributed by atoms with van der Waals surface area (Å²) in [5.41, 5.74) is 7.98. The van der Waals surface area contributed by atoms with Crippen molar-refractivity contribution in [3.63, 3.8) is 0 Å². The summed E-state index contributed by atoms with van der Waals surface area (Å²) < 4.78 is 46.9. The number of aliphatic imine (C=N–C) groups is 4. The molecule has 764 valence electrons. The number of nitrogens with zero attached hydrogens (tertiary/aromatic N) is 4. The minimum atomic E-state index is -2.71. The molecule has 8 aromatic carbocycles. The predicted molar refractivity (Wildman–Crippen MR) is 556 cm³/mol. The molecule has 0 radical (unpaired) electrons. The number of halogens is 1. The molecule has 3 unspecified atom stereocenters. The molecule has 4 fully saturated rings. The molecule has 0 aromatic heterocycles. The Morgan fingerprint density at radius 3 is 0.993 bits per heavy atom. The van der Waals surface area contributed by atoms with Gasteiger partial charge in [-0.2, -0.15) is 8.42 Å². The van der Waals surface area contributed by atoms with Crippen LogP contribution in [-0.4, -0.2) is 225 Å². The normalized spacial score (nSPS) is 17.7. The van der Waals surface area contributed by atoms with Gasteiger partial charge in [-0.1, -0.05) is 163 Å². The van der Waals surface area contributed by atoms with Crippen LogP contribution in [0.1, 0.15) is 190 Å². The fourth-order valence-electron chi connectivity index (χ4n) is 19.0. The number of carboxylic acid groups (broad SMARTS) is 4. The quantitative estimate of drug-likeness (QED) is 0.00729. The molecule has 4 saturated heterocycles. The molecule has 16 rings (SSSR count). The SMILES string of the molecule is O=C(N[C@@H](Cc1ccc(OCCCCC2CCNCC2)cc1)C(=O)O)C1=Nc2ccccc2C1=S(=O)=O.O=C(N[C@@H](Cc1ccc(OCCCCC2CCNCC2)cc1)C(=O)O)C1=Nc2ccccc2C1Br.O=C(N[C@@H](Cc1ccc(OCCCCC2CCNCC2)cc1)C(=O)O)C1=Nc2ccccc2C1CO.O=CC1C(C(=O)N[C@@H](Cc2ccc(OCCCCC3CCNCC3)cc2)C(=O)O)=Nc2ccccc21. The van der Waals surface area contributed by atoms with Gasteiger partial charge in [0.2, 0.25) is 10.3 Å². The first-order valence-electron chi connectivity index (χ1n) is 50.2. The monoisotopic (exact) mass is 2050 g/mol. The number of aliphatic hydroxyl groups excluding tert-OH is 1. The van der Waals surface area contributed by atoms with Crippen molar-refractivity contribution in [2.24, 2.45) is 43.6 Å². The molecular weight excluding hydrogens is 1920 g/mol. The highest BCUT2D eigenvalue weighted by molar-refractivity contribution is 9.09. The lowest BCUT2D eigenvalue weighted by atomic mass is 9.93. The summed E-state index contributed by atoms with van der Waals surface area (Å²) in [6, 6.07) is 52.6. The van der Waals surface area contributed by atoms with E-state index in [4.69, 9.17) is 18.9 Å². The molecule has 32 nitrogen and oxygen atoms in total. The van der Waals surface area contributed by atoms with Gasteiger partial charge in [-0.25, -0.2) is 39.1 Å². The Kier molecular flexibility index (Phi) is 42.4. The van der Waals surface area contributed by atoms with Gasteiger partial charge in [0.05, 0.1) is 72.4 Å². The van der Waals surface area contributed by atoms with E-state index in [2.05, 4.69) is 78.4 Å². The number of aliphatic carboxylic acids is 4. The molecule has 0 aliphatic carbocycles.